The molecule has 0 bridgehead atoms. The first-order valence-corrected chi connectivity index (χ1v) is 13.5. The molecule has 2 aliphatic heterocycles. The highest BCUT2D eigenvalue weighted by Crippen LogP contribution is 2.56. The number of dihydropyridines is 1. The average Bonchev–Trinajstić information content (AvgIpc) is 3.25. The lowest BCUT2D eigenvalue weighted by Gasteiger charge is -2.42. The van der Waals surface area contributed by atoms with Crippen molar-refractivity contribution in [2.75, 3.05) is 21.3 Å². The number of hydrogen-bond acceptors (Lipinski definition) is 8. The lowest BCUT2D eigenvalue weighted by molar-refractivity contribution is -0.136. The van der Waals surface area contributed by atoms with Crippen molar-refractivity contribution in [1.82, 2.24) is 5.32 Å². The van der Waals surface area contributed by atoms with Crippen LogP contribution in [0.1, 0.15) is 67.4 Å². The number of ketones is 2. The van der Waals surface area contributed by atoms with Crippen LogP contribution in [0.4, 0.5) is 0 Å². The number of halogens is 1. The van der Waals surface area contributed by atoms with Crippen LogP contribution in [0.2, 0.25) is 5.02 Å². The van der Waals surface area contributed by atoms with Gasteiger partial charge in [-0.25, -0.2) is 4.79 Å². The van der Waals surface area contributed by atoms with Crippen LogP contribution in [0.15, 0.2) is 52.9 Å². The third-order valence-corrected chi connectivity index (χ3v) is 8.55. The summed E-state index contributed by atoms with van der Waals surface area (Å²) in [4.78, 5) is 42.1. The molecule has 1 unspecified atom stereocenters. The van der Waals surface area contributed by atoms with Gasteiger partial charge in [-0.2, -0.15) is 0 Å². The second-order valence-electron chi connectivity index (χ2n) is 10.7. The molecule has 210 valence electrons. The van der Waals surface area contributed by atoms with Gasteiger partial charge in [-0.15, -0.1) is 0 Å². The van der Waals surface area contributed by atoms with Gasteiger partial charge in [0.2, 0.25) is 17.2 Å². The molecule has 3 atom stereocenters. The van der Waals surface area contributed by atoms with E-state index in [0.29, 0.717) is 34.9 Å². The van der Waals surface area contributed by atoms with Gasteiger partial charge in [-0.1, -0.05) is 56.6 Å². The maximum Gasteiger partial charge on any atom is 0.336 e. The summed E-state index contributed by atoms with van der Waals surface area (Å²) in [5.74, 6) is -2.15. The van der Waals surface area contributed by atoms with Gasteiger partial charge in [0.25, 0.3) is 0 Å². The summed E-state index contributed by atoms with van der Waals surface area (Å²) in [6, 6.07) is 9.32. The van der Waals surface area contributed by atoms with Crippen molar-refractivity contribution in [3.8, 4) is 17.2 Å². The maximum atomic E-state index is 14.7. The molecule has 2 aromatic carbocycles. The summed E-state index contributed by atoms with van der Waals surface area (Å²) in [6.07, 6.45) is 0.324. The van der Waals surface area contributed by atoms with E-state index in [1.54, 1.807) is 13.8 Å². The van der Waals surface area contributed by atoms with E-state index in [9.17, 15) is 14.4 Å². The van der Waals surface area contributed by atoms with Crippen molar-refractivity contribution in [3.05, 3.63) is 74.6 Å². The number of ether oxygens (including phenoxy) is 4. The first-order chi connectivity index (χ1) is 19.0. The van der Waals surface area contributed by atoms with E-state index < -0.39 is 35.0 Å². The quantitative estimate of drug-likeness (QED) is 0.375. The highest BCUT2D eigenvalue weighted by molar-refractivity contribution is 6.36. The monoisotopic (exact) mass is 565 g/mol. The van der Waals surface area contributed by atoms with Gasteiger partial charge in [-0.3, -0.25) is 9.59 Å². The van der Waals surface area contributed by atoms with Crippen LogP contribution in [-0.4, -0.2) is 44.5 Å². The fourth-order valence-corrected chi connectivity index (χ4v) is 6.33. The topological polar surface area (TPSA) is 100 Å². The van der Waals surface area contributed by atoms with Crippen molar-refractivity contribution < 1.29 is 33.3 Å². The molecular weight excluding hydrogens is 534 g/mol. The Morgan fingerprint density at radius 1 is 1.07 bits per heavy atom. The molecule has 1 N–H and O–H groups in total. The molecule has 1 aliphatic carbocycles. The summed E-state index contributed by atoms with van der Waals surface area (Å²) in [5, 5.41) is 3.35. The Bertz CT molecular complexity index is 1500. The van der Waals surface area contributed by atoms with Crippen LogP contribution in [0, 0.1) is 5.92 Å². The van der Waals surface area contributed by atoms with Crippen LogP contribution in [-0.2, 0) is 14.3 Å². The molecule has 3 aliphatic rings. The first kappa shape index (κ1) is 27.8. The van der Waals surface area contributed by atoms with Crippen LogP contribution in [0.3, 0.4) is 0 Å². The lowest BCUT2D eigenvalue weighted by Crippen LogP contribution is -2.58. The van der Waals surface area contributed by atoms with E-state index in [-0.39, 0.29) is 27.8 Å². The SMILES string of the molecule is COC(=O)C1=C(C)NC2=C(C(=O)[C@@]3(Oc4c(Cl)c(OC)cc(OC)c4C3=O)[C@H](C)C2)C1c1ccc(C(C)C)cc1. The van der Waals surface area contributed by atoms with Gasteiger partial charge >= 0.3 is 5.97 Å². The molecule has 9 heteroatoms. The molecule has 40 heavy (non-hydrogen) atoms. The van der Waals surface area contributed by atoms with Gasteiger partial charge in [0.05, 0.1) is 26.9 Å². The number of esters is 1. The van der Waals surface area contributed by atoms with Crippen molar-refractivity contribution in [1.29, 1.82) is 0 Å². The van der Waals surface area contributed by atoms with E-state index in [1.807, 2.05) is 24.3 Å². The Morgan fingerprint density at radius 2 is 1.73 bits per heavy atom. The third-order valence-electron chi connectivity index (χ3n) is 8.19. The number of rotatable bonds is 5. The summed E-state index contributed by atoms with van der Waals surface area (Å²) in [7, 11) is 4.17. The molecule has 0 saturated carbocycles. The summed E-state index contributed by atoms with van der Waals surface area (Å²) >= 11 is 6.59. The van der Waals surface area contributed by atoms with Gasteiger partial charge < -0.3 is 24.3 Å². The number of carbonyl (C=O) groups excluding carboxylic acids is 3. The zero-order valence-corrected chi connectivity index (χ0v) is 24.3. The number of nitrogens with one attached hydrogen (secondary N) is 1. The second-order valence-corrected chi connectivity index (χ2v) is 11.1. The van der Waals surface area contributed by atoms with Crippen LogP contribution < -0.4 is 19.5 Å². The van der Waals surface area contributed by atoms with E-state index in [4.69, 9.17) is 30.5 Å². The fraction of sp³-hybridized carbons (Fsp3) is 0.387. The van der Waals surface area contributed by atoms with E-state index in [0.717, 1.165) is 11.1 Å². The molecule has 0 radical (unpaired) electrons. The zero-order valence-electron chi connectivity index (χ0n) is 23.6. The molecule has 0 fully saturated rings. The highest BCUT2D eigenvalue weighted by atomic mass is 35.5. The first-order valence-electron chi connectivity index (χ1n) is 13.1. The third kappa shape index (κ3) is 3.84. The summed E-state index contributed by atoms with van der Waals surface area (Å²) in [5.41, 5.74) is 1.89. The molecule has 8 nitrogen and oxygen atoms in total. The molecule has 0 aromatic heterocycles. The molecule has 0 saturated heterocycles. The molecule has 0 amide bonds. The predicted molar refractivity (Wildman–Crippen MR) is 149 cm³/mol. The normalized spacial score (nSPS) is 23.6. The highest BCUT2D eigenvalue weighted by Gasteiger charge is 2.63. The van der Waals surface area contributed by atoms with Crippen molar-refractivity contribution >= 4 is 29.1 Å². The van der Waals surface area contributed by atoms with Crippen LogP contribution >= 0.6 is 11.6 Å². The van der Waals surface area contributed by atoms with E-state index >= 15 is 0 Å². The van der Waals surface area contributed by atoms with Gasteiger partial charge in [-0.05, 0) is 30.4 Å². The Labute approximate surface area is 238 Å². The standard InChI is InChI=1S/C31H32ClNO7/c1-14(2)17-8-10-18(11-9-17)23-22(30(36)39-7)16(4)33-19-12-15(3)31(28(34)24(19)23)29(35)25-20(37-5)13-21(38-6)26(32)27(25)40-31/h8-11,13-15,23,33H,12H2,1-7H3/t15-,23?,31+/m1/s1. The minimum Gasteiger partial charge on any atom is -0.496 e. The fourth-order valence-electron chi connectivity index (χ4n) is 6.06. The number of carbonyl (C=O) groups is 3. The molecule has 1 spiro atoms. The Hall–Kier alpha value is -3.78. The lowest BCUT2D eigenvalue weighted by atomic mass is 9.65. The van der Waals surface area contributed by atoms with Crippen LogP contribution in [0.5, 0.6) is 17.2 Å². The number of allylic oxidation sites excluding steroid dienone is 2. The summed E-state index contributed by atoms with van der Waals surface area (Å²) < 4.78 is 22.3. The average molecular weight is 566 g/mol. The van der Waals surface area contributed by atoms with Gasteiger partial charge in [0.1, 0.15) is 22.1 Å². The predicted octanol–water partition coefficient (Wildman–Crippen LogP) is 5.49. The minimum atomic E-state index is -1.89. The molecule has 2 heterocycles. The van der Waals surface area contributed by atoms with E-state index in [1.165, 1.54) is 27.4 Å². The smallest absolute Gasteiger partial charge is 0.336 e. The molecule has 2 aromatic rings. The van der Waals surface area contributed by atoms with Gasteiger partial charge in [0, 0.05) is 34.9 Å². The zero-order chi connectivity index (χ0) is 29.1. The minimum absolute atomic E-state index is 0.0497. The Morgan fingerprint density at radius 3 is 2.30 bits per heavy atom. The molecule has 5 rings (SSSR count). The number of benzene rings is 2. The number of fused-ring (bicyclic) bond motifs is 1. The largest absolute Gasteiger partial charge is 0.496 e. The van der Waals surface area contributed by atoms with E-state index in [2.05, 4.69) is 19.2 Å². The Kier molecular flexibility index (Phi) is 6.94. The van der Waals surface area contributed by atoms with Crippen molar-refractivity contribution in [3.63, 3.8) is 0 Å². The van der Waals surface area contributed by atoms with Gasteiger partial charge in [0.15, 0.2) is 5.75 Å². The number of hydrogen-bond donors (Lipinski definition) is 1. The van der Waals surface area contributed by atoms with Crippen LogP contribution in [0.25, 0.3) is 0 Å². The number of Topliss-reactive ketones (excluding diaryl/α,β-unsaturated/α-hetero) is 2. The molecular formula is C31H32ClNO7. The summed E-state index contributed by atoms with van der Waals surface area (Å²) in [6.45, 7) is 7.77. The van der Waals surface area contributed by atoms with Crippen molar-refractivity contribution in [2.24, 2.45) is 5.92 Å². The maximum absolute atomic E-state index is 14.7. The van der Waals surface area contributed by atoms with Crippen molar-refractivity contribution in [2.45, 2.75) is 51.6 Å². The second kappa shape index (κ2) is 10.0. The Balaban J connectivity index is 1.70. The number of methoxy groups -OCH3 is 3.